The van der Waals surface area contributed by atoms with Crippen LogP contribution in [0.2, 0.25) is 5.02 Å². The van der Waals surface area contributed by atoms with Gasteiger partial charge in [-0.15, -0.1) is 10.2 Å². The van der Waals surface area contributed by atoms with Gasteiger partial charge in [0.05, 0.1) is 0 Å². The molecule has 3 aromatic rings. The molecular weight excluding hydrogens is 364 g/mol. The molecule has 0 aliphatic carbocycles. The maximum absolute atomic E-state index is 12.4. The normalized spacial score (nSPS) is 10.3. The van der Waals surface area contributed by atoms with Crippen molar-refractivity contribution in [1.82, 2.24) is 10.2 Å². The number of carbonyl (C=O) groups is 2. The fourth-order valence-electron chi connectivity index (χ4n) is 2.40. The van der Waals surface area contributed by atoms with E-state index in [0.717, 1.165) is 5.56 Å². The Balaban J connectivity index is 1.71. The fourth-order valence-corrected chi connectivity index (χ4v) is 2.57. The van der Waals surface area contributed by atoms with Gasteiger partial charge in [-0.05, 0) is 55.8 Å². The SMILES string of the molecule is CC(=O)c1cccc(Nc2ccc(C(=O)Nc3cc(Cl)ccc3C)nn2)c1. The lowest BCUT2D eigenvalue weighted by atomic mass is 10.1. The number of aromatic nitrogens is 2. The Labute approximate surface area is 161 Å². The number of nitrogens with zero attached hydrogens (tertiary/aromatic N) is 2. The van der Waals surface area contributed by atoms with E-state index in [1.807, 2.05) is 19.1 Å². The number of Topliss-reactive ketones (excluding diaryl/α,β-unsaturated/α-hetero) is 1. The number of halogens is 1. The molecule has 27 heavy (non-hydrogen) atoms. The first-order valence-corrected chi connectivity index (χ1v) is 8.59. The van der Waals surface area contributed by atoms with Crippen LogP contribution >= 0.6 is 11.6 Å². The fraction of sp³-hybridized carbons (Fsp3) is 0.100. The number of amides is 1. The zero-order chi connectivity index (χ0) is 19.4. The maximum atomic E-state index is 12.4. The van der Waals surface area contributed by atoms with Crippen molar-refractivity contribution >= 4 is 40.5 Å². The first-order valence-electron chi connectivity index (χ1n) is 8.21. The van der Waals surface area contributed by atoms with Gasteiger partial charge in [0.25, 0.3) is 5.91 Å². The molecule has 1 heterocycles. The number of ketones is 1. The molecule has 6 nitrogen and oxygen atoms in total. The third-order valence-electron chi connectivity index (χ3n) is 3.89. The number of carbonyl (C=O) groups excluding carboxylic acids is 2. The van der Waals surface area contributed by atoms with Crippen LogP contribution in [0, 0.1) is 6.92 Å². The predicted octanol–water partition coefficient (Wildman–Crippen LogP) is 4.64. The van der Waals surface area contributed by atoms with E-state index in [9.17, 15) is 9.59 Å². The van der Waals surface area contributed by atoms with Crippen LogP contribution in [0.5, 0.6) is 0 Å². The van der Waals surface area contributed by atoms with E-state index in [2.05, 4.69) is 20.8 Å². The number of benzene rings is 2. The van der Waals surface area contributed by atoms with Crippen molar-refractivity contribution < 1.29 is 9.59 Å². The van der Waals surface area contributed by atoms with Gasteiger partial charge in [0.15, 0.2) is 17.3 Å². The highest BCUT2D eigenvalue weighted by Gasteiger charge is 2.11. The number of aryl methyl sites for hydroxylation is 1. The van der Waals surface area contributed by atoms with Gasteiger partial charge in [0.1, 0.15) is 0 Å². The molecule has 2 N–H and O–H groups in total. The molecule has 0 unspecified atom stereocenters. The van der Waals surface area contributed by atoms with Crippen molar-refractivity contribution in [1.29, 1.82) is 0 Å². The first kappa shape index (κ1) is 18.5. The topological polar surface area (TPSA) is 84.0 Å². The molecular formula is C20H17ClN4O2. The monoisotopic (exact) mass is 380 g/mol. The van der Waals surface area contributed by atoms with Gasteiger partial charge in [-0.3, -0.25) is 9.59 Å². The molecule has 0 saturated heterocycles. The molecule has 0 fully saturated rings. The van der Waals surface area contributed by atoms with Crippen LogP contribution in [-0.2, 0) is 0 Å². The van der Waals surface area contributed by atoms with Gasteiger partial charge in [0, 0.05) is 22.0 Å². The molecule has 0 atom stereocenters. The summed E-state index contributed by atoms with van der Waals surface area (Å²) in [6.45, 7) is 3.38. The first-order chi connectivity index (χ1) is 12.9. The molecule has 0 aliphatic heterocycles. The summed E-state index contributed by atoms with van der Waals surface area (Å²) in [6, 6.07) is 15.5. The van der Waals surface area contributed by atoms with Crippen LogP contribution < -0.4 is 10.6 Å². The standard InChI is InChI=1S/C20H17ClN4O2/c1-12-6-7-15(21)11-18(12)23-20(27)17-8-9-19(25-24-17)22-16-5-3-4-14(10-16)13(2)26/h3-11H,1-2H3,(H,22,25)(H,23,27). The third kappa shape index (κ3) is 4.68. The molecule has 3 rings (SSSR count). The zero-order valence-electron chi connectivity index (χ0n) is 14.8. The summed E-state index contributed by atoms with van der Waals surface area (Å²) in [5.74, 6) is 0.0669. The summed E-state index contributed by atoms with van der Waals surface area (Å²) in [7, 11) is 0. The second kappa shape index (κ2) is 7.97. The van der Waals surface area contributed by atoms with E-state index in [1.54, 1.807) is 42.5 Å². The minimum atomic E-state index is -0.377. The van der Waals surface area contributed by atoms with Crippen molar-refractivity contribution in [3.05, 3.63) is 76.4 Å². The van der Waals surface area contributed by atoms with E-state index >= 15 is 0 Å². The van der Waals surface area contributed by atoms with Crippen LogP contribution in [-0.4, -0.2) is 21.9 Å². The van der Waals surface area contributed by atoms with Crippen molar-refractivity contribution in [2.75, 3.05) is 10.6 Å². The van der Waals surface area contributed by atoms with Crippen LogP contribution in [0.1, 0.15) is 33.3 Å². The summed E-state index contributed by atoms with van der Waals surface area (Å²) in [5.41, 5.74) is 3.00. The largest absolute Gasteiger partial charge is 0.339 e. The lowest BCUT2D eigenvalue weighted by Gasteiger charge is -2.09. The summed E-state index contributed by atoms with van der Waals surface area (Å²) < 4.78 is 0. The lowest BCUT2D eigenvalue weighted by molar-refractivity contribution is 0.101. The van der Waals surface area contributed by atoms with Crippen LogP contribution in [0.3, 0.4) is 0 Å². The van der Waals surface area contributed by atoms with Crippen LogP contribution in [0.15, 0.2) is 54.6 Å². The molecule has 7 heteroatoms. The smallest absolute Gasteiger partial charge is 0.276 e. The number of hydrogen-bond acceptors (Lipinski definition) is 5. The van der Waals surface area contributed by atoms with E-state index in [4.69, 9.17) is 11.6 Å². The van der Waals surface area contributed by atoms with E-state index in [-0.39, 0.29) is 17.4 Å². The molecule has 1 amide bonds. The number of hydrogen-bond donors (Lipinski definition) is 2. The molecule has 0 spiro atoms. The van der Waals surface area contributed by atoms with Crippen molar-refractivity contribution in [3.8, 4) is 0 Å². The van der Waals surface area contributed by atoms with E-state index in [1.165, 1.54) is 6.92 Å². The number of nitrogens with one attached hydrogen (secondary N) is 2. The molecule has 136 valence electrons. The quantitative estimate of drug-likeness (QED) is 0.630. The molecule has 0 bridgehead atoms. The molecule has 0 radical (unpaired) electrons. The Bertz CT molecular complexity index is 1000. The second-order valence-electron chi connectivity index (χ2n) is 5.98. The number of rotatable bonds is 5. The maximum Gasteiger partial charge on any atom is 0.276 e. The third-order valence-corrected chi connectivity index (χ3v) is 4.12. The van der Waals surface area contributed by atoms with Gasteiger partial charge in [-0.2, -0.15) is 0 Å². The Morgan fingerprint density at radius 3 is 2.52 bits per heavy atom. The Kier molecular flexibility index (Phi) is 5.47. The highest BCUT2D eigenvalue weighted by Crippen LogP contribution is 2.21. The summed E-state index contributed by atoms with van der Waals surface area (Å²) >= 11 is 5.97. The minimum Gasteiger partial charge on any atom is -0.339 e. The van der Waals surface area contributed by atoms with Gasteiger partial charge in [-0.1, -0.05) is 29.8 Å². The van der Waals surface area contributed by atoms with Gasteiger partial charge >= 0.3 is 0 Å². The van der Waals surface area contributed by atoms with Crippen LogP contribution in [0.4, 0.5) is 17.2 Å². The summed E-state index contributed by atoms with van der Waals surface area (Å²) in [4.78, 5) is 23.8. The Morgan fingerprint density at radius 2 is 1.81 bits per heavy atom. The molecule has 0 aliphatic rings. The van der Waals surface area contributed by atoms with Gasteiger partial charge in [0.2, 0.25) is 0 Å². The van der Waals surface area contributed by atoms with E-state index < -0.39 is 0 Å². The minimum absolute atomic E-state index is 0.0203. The van der Waals surface area contributed by atoms with Crippen molar-refractivity contribution in [3.63, 3.8) is 0 Å². The Hall–Kier alpha value is -3.25. The summed E-state index contributed by atoms with van der Waals surface area (Å²) in [6.07, 6.45) is 0. The van der Waals surface area contributed by atoms with Crippen molar-refractivity contribution in [2.24, 2.45) is 0 Å². The van der Waals surface area contributed by atoms with Crippen LogP contribution in [0.25, 0.3) is 0 Å². The average molecular weight is 381 g/mol. The highest BCUT2D eigenvalue weighted by molar-refractivity contribution is 6.31. The highest BCUT2D eigenvalue weighted by atomic mass is 35.5. The zero-order valence-corrected chi connectivity index (χ0v) is 15.5. The molecule has 1 aromatic heterocycles. The summed E-state index contributed by atoms with van der Waals surface area (Å²) in [5, 5.41) is 14.3. The Morgan fingerprint density at radius 1 is 1.00 bits per heavy atom. The average Bonchev–Trinajstić information content (AvgIpc) is 2.65. The molecule has 2 aromatic carbocycles. The van der Waals surface area contributed by atoms with Crippen molar-refractivity contribution in [2.45, 2.75) is 13.8 Å². The molecule has 0 saturated carbocycles. The number of anilines is 3. The van der Waals surface area contributed by atoms with Gasteiger partial charge < -0.3 is 10.6 Å². The lowest BCUT2D eigenvalue weighted by Crippen LogP contribution is -2.15. The van der Waals surface area contributed by atoms with Gasteiger partial charge in [-0.25, -0.2) is 0 Å². The van der Waals surface area contributed by atoms with E-state index in [0.29, 0.717) is 27.8 Å². The predicted molar refractivity (Wildman–Crippen MR) is 106 cm³/mol. The second-order valence-corrected chi connectivity index (χ2v) is 6.42.